The molecule has 0 radical (unpaired) electrons. The minimum Gasteiger partial charge on any atom is -0.496 e. The fraction of sp³-hybridized carbons (Fsp3) is 0.302. The Kier molecular flexibility index (Phi) is 22.2. The predicted molar refractivity (Wildman–Crippen MR) is 301 cm³/mol. The van der Waals surface area contributed by atoms with Gasteiger partial charge in [0.1, 0.15) is 72.4 Å². The summed E-state index contributed by atoms with van der Waals surface area (Å²) in [4.78, 5) is 17.4. The smallest absolute Gasteiger partial charge is 0.127 e. The molecular weight excluding hydrogens is 989 g/mol. The molecule has 0 aliphatic heterocycles. The van der Waals surface area contributed by atoms with Crippen molar-refractivity contribution in [2.45, 2.75) is 77.8 Å². The van der Waals surface area contributed by atoms with Crippen LogP contribution in [0.3, 0.4) is 0 Å². The third-order valence-corrected chi connectivity index (χ3v) is 13.6. The summed E-state index contributed by atoms with van der Waals surface area (Å²) in [6.45, 7) is 9.90. The lowest BCUT2D eigenvalue weighted by molar-refractivity contribution is 0.295. The van der Waals surface area contributed by atoms with Crippen LogP contribution in [0.25, 0.3) is 0 Å². The molecular formula is C63H72N4O11. The number of benzene rings is 4. The van der Waals surface area contributed by atoms with E-state index in [0.717, 1.165) is 88.1 Å². The van der Waals surface area contributed by atoms with Crippen molar-refractivity contribution in [3.05, 3.63) is 213 Å². The number of fused-ring (bicyclic) bond motifs is 8. The van der Waals surface area contributed by atoms with Gasteiger partial charge in [0.05, 0.1) is 28.4 Å². The molecule has 1 aliphatic rings. The highest BCUT2D eigenvalue weighted by atomic mass is 16.5. The molecule has 8 bridgehead atoms. The van der Waals surface area contributed by atoms with Crippen LogP contribution in [0.2, 0.25) is 0 Å². The number of nitrogens with zero attached hydrogens (tertiary/aromatic N) is 4. The van der Waals surface area contributed by atoms with Crippen molar-refractivity contribution in [3.8, 4) is 46.0 Å². The number of aliphatic hydroxyl groups is 3. The molecule has 0 unspecified atom stereocenters. The van der Waals surface area contributed by atoms with Crippen molar-refractivity contribution >= 4 is 0 Å². The Balaban J connectivity index is 0.00000159. The number of hydrogen-bond acceptors (Lipinski definition) is 15. The summed E-state index contributed by atoms with van der Waals surface area (Å²) in [5, 5.41) is 21.0. The lowest BCUT2D eigenvalue weighted by Gasteiger charge is -2.29. The highest BCUT2D eigenvalue weighted by Gasteiger charge is 2.31. The molecule has 15 nitrogen and oxygen atoms in total. The Bertz CT molecular complexity index is 2690. The third-order valence-electron chi connectivity index (χ3n) is 13.6. The average Bonchev–Trinajstić information content (AvgIpc) is 3.61. The summed E-state index contributed by atoms with van der Waals surface area (Å²) in [6.07, 6.45) is 14.3. The van der Waals surface area contributed by atoms with E-state index in [2.05, 4.69) is 71.9 Å². The van der Waals surface area contributed by atoms with Crippen LogP contribution in [-0.2, 0) is 26.4 Å². The molecule has 4 aromatic carbocycles. The molecule has 15 heteroatoms. The second-order valence-corrected chi connectivity index (χ2v) is 18.0. The van der Waals surface area contributed by atoms with Gasteiger partial charge in [0.25, 0.3) is 0 Å². The Morgan fingerprint density at radius 3 is 0.667 bits per heavy atom. The fourth-order valence-corrected chi connectivity index (χ4v) is 9.54. The van der Waals surface area contributed by atoms with Gasteiger partial charge in [-0.2, -0.15) is 0 Å². The average molecular weight is 1060 g/mol. The number of aliphatic hydroxyl groups excluding tert-OH is 3. The number of hydrogen-bond donors (Lipinski definition) is 3. The lowest BCUT2D eigenvalue weighted by atomic mass is 9.80. The molecule has 0 spiro atoms. The molecule has 1 aliphatic carbocycles. The Morgan fingerprint density at radius 2 is 0.500 bits per heavy atom. The number of pyridine rings is 4. The van der Waals surface area contributed by atoms with Crippen LogP contribution < -0.4 is 37.9 Å². The van der Waals surface area contributed by atoms with Crippen LogP contribution >= 0.6 is 0 Å². The van der Waals surface area contributed by atoms with E-state index >= 15 is 0 Å². The number of ether oxygens (including phenoxy) is 8. The molecule has 4 heterocycles. The van der Waals surface area contributed by atoms with Crippen molar-refractivity contribution in [2.75, 3.05) is 49.8 Å². The van der Waals surface area contributed by atoms with E-state index in [4.69, 9.17) is 53.2 Å². The normalized spacial score (nSPS) is 15.0. The molecule has 0 amide bonds. The Hall–Kier alpha value is -8.24. The fourth-order valence-electron chi connectivity index (χ4n) is 9.54. The van der Waals surface area contributed by atoms with E-state index in [1.165, 1.54) is 0 Å². The maximum atomic E-state index is 7.00. The number of methoxy groups -OCH3 is 4. The summed E-state index contributed by atoms with van der Waals surface area (Å²) < 4.78 is 52.3. The molecule has 4 atom stereocenters. The second-order valence-electron chi connectivity index (χ2n) is 18.0. The van der Waals surface area contributed by atoms with E-state index in [9.17, 15) is 0 Å². The van der Waals surface area contributed by atoms with Crippen LogP contribution in [0.5, 0.6) is 46.0 Å². The molecule has 8 aromatic rings. The molecule has 0 saturated heterocycles. The highest BCUT2D eigenvalue weighted by Crippen LogP contribution is 2.51. The zero-order valence-corrected chi connectivity index (χ0v) is 46.4. The van der Waals surface area contributed by atoms with Gasteiger partial charge in [-0.15, -0.1) is 0 Å². The molecule has 410 valence electrons. The zero-order chi connectivity index (χ0) is 56.1. The van der Waals surface area contributed by atoms with Gasteiger partial charge in [0.2, 0.25) is 0 Å². The van der Waals surface area contributed by atoms with Crippen molar-refractivity contribution in [1.29, 1.82) is 0 Å². The molecule has 3 N–H and O–H groups in total. The first-order valence-electron chi connectivity index (χ1n) is 25.5. The third kappa shape index (κ3) is 13.8. The van der Waals surface area contributed by atoms with E-state index < -0.39 is 0 Å². The topological polar surface area (TPSA) is 186 Å². The standard InChI is InChI=1S/C60H60N4O8.3CH4O/c1-37-45-21-50(58(25-53(45)65-5)70-34-42-14-10-18-62-30-42)39(3)47-23-52(60(27-55(47)67-7)72-36-44-16-12-20-64-32-44)40(4)48-24-51(59(28-56(48)68-8)71-35-43-15-11-19-63-31-43)38(2)46-22-49(37)57(26-54(46)66-6)69-33-41-13-9-17-61-29-41;3*1-2/h9-32,37-40H,33-36H2,1-8H3;3*2H,1H3/t37-,38-,39-,40-;;;/m0.../s1. The van der Waals surface area contributed by atoms with Gasteiger partial charge in [-0.05, 0) is 48.5 Å². The van der Waals surface area contributed by atoms with Crippen LogP contribution in [0.4, 0.5) is 0 Å². The minimum absolute atomic E-state index is 0.277. The van der Waals surface area contributed by atoms with Crippen LogP contribution in [-0.4, -0.2) is 85.0 Å². The van der Waals surface area contributed by atoms with Crippen molar-refractivity contribution in [1.82, 2.24) is 19.9 Å². The second kappa shape index (κ2) is 29.3. The van der Waals surface area contributed by atoms with E-state index in [0.29, 0.717) is 72.4 Å². The van der Waals surface area contributed by atoms with Crippen molar-refractivity contribution in [2.24, 2.45) is 0 Å². The quantitative estimate of drug-likeness (QED) is 0.0829. The van der Waals surface area contributed by atoms with Gasteiger partial charge in [-0.3, -0.25) is 19.9 Å². The predicted octanol–water partition coefficient (Wildman–Crippen LogP) is 11.4. The van der Waals surface area contributed by atoms with Gasteiger partial charge in [0, 0.05) is 186 Å². The zero-order valence-electron chi connectivity index (χ0n) is 46.4. The van der Waals surface area contributed by atoms with Crippen LogP contribution in [0.15, 0.2) is 147 Å². The van der Waals surface area contributed by atoms with E-state index in [1.807, 2.05) is 97.6 Å². The molecule has 0 saturated carbocycles. The monoisotopic (exact) mass is 1060 g/mol. The van der Waals surface area contributed by atoms with E-state index in [1.54, 1.807) is 53.2 Å². The van der Waals surface area contributed by atoms with Gasteiger partial charge >= 0.3 is 0 Å². The first-order valence-corrected chi connectivity index (χ1v) is 25.5. The van der Waals surface area contributed by atoms with E-state index in [-0.39, 0.29) is 23.7 Å². The van der Waals surface area contributed by atoms with Crippen LogP contribution in [0.1, 0.15) is 118 Å². The first kappa shape index (κ1) is 59.0. The SMILES string of the molecule is CO.CO.CO.COc1cc(OCc2cccnc2)c2cc1[C@H](C)c1cc(c(OC)cc1OCc1cccnc1)[C@H](C)c1cc(c(OC)cc1OCc1cccnc1)[C@H](C)c1cc(c(OC)cc1OCc1cccnc1)[C@@H]2C. The summed E-state index contributed by atoms with van der Waals surface area (Å²) in [5.41, 5.74) is 11.2. The number of aromatic nitrogens is 4. The van der Waals surface area contributed by atoms with Crippen molar-refractivity contribution < 1.29 is 53.2 Å². The largest absolute Gasteiger partial charge is 0.496 e. The maximum Gasteiger partial charge on any atom is 0.127 e. The lowest BCUT2D eigenvalue weighted by Crippen LogP contribution is -2.13. The van der Waals surface area contributed by atoms with Crippen molar-refractivity contribution in [3.63, 3.8) is 0 Å². The summed E-state index contributed by atoms with van der Waals surface area (Å²) in [6, 6.07) is 32.5. The highest BCUT2D eigenvalue weighted by molar-refractivity contribution is 5.63. The molecule has 78 heavy (non-hydrogen) atoms. The molecule has 0 fully saturated rings. The van der Waals surface area contributed by atoms with Gasteiger partial charge in [0.15, 0.2) is 0 Å². The first-order chi connectivity index (χ1) is 38.2. The van der Waals surface area contributed by atoms with Gasteiger partial charge in [-0.25, -0.2) is 0 Å². The Labute approximate surface area is 458 Å². The summed E-state index contributed by atoms with van der Waals surface area (Å²) >= 11 is 0. The molecule has 9 rings (SSSR count). The maximum absolute atomic E-state index is 7.00. The Morgan fingerprint density at radius 1 is 0.308 bits per heavy atom. The number of rotatable bonds is 16. The summed E-state index contributed by atoms with van der Waals surface area (Å²) in [7, 11) is 9.79. The minimum atomic E-state index is -0.277. The van der Waals surface area contributed by atoms with Gasteiger partial charge < -0.3 is 53.2 Å². The summed E-state index contributed by atoms with van der Waals surface area (Å²) in [5.74, 6) is 4.20. The van der Waals surface area contributed by atoms with Crippen LogP contribution in [0, 0.1) is 0 Å². The van der Waals surface area contributed by atoms with Gasteiger partial charge in [-0.1, -0.05) is 52.0 Å². The molecule has 4 aromatic heterocycles.